The van der Waals surface area contributed by atoms with Gasteiger partial charge in [0, 0.05) is 25.0 Å². The quantitative estimate of drug-likeness (QED) is 0.883. The van der Waals surface area contributed by atoms with Crippen LogP contribution in [0.5, 0.6) is 0 Å². The third-order valence-electron chi connectivity index (χ3n) is 2.96. The summed E-state index contributed by atoms with van der Waals surface area (Å²) in [5.74, 6) is 0. The highest BCUT2D eigenvalue weighted by Crippen LogP contribution is 2.13. The molecule has 1 amide bonds. The molecular formula is C18H23N3O2. The fourth-order valence-corrected chi connectivity index (χ4v) is 1.96. The van der Waals surface area contributed by atoms with Crippen molar-refractivity contribution in [1.82, 2.24) is 10.3 Å². The van der Waals surface area contributed by atoms with Crippen LogP contribution in [-0.4, -0.2) is 16.7 Å². The first-order valence-electron chi connectivity index (χ1n) is 7.62. The number of nitrogens with zero attached hydrogens (tertiary/aromatic N) is 1. The molecule has 0 saturated heterocycles. The number of ether oxygens (including phenoxy) is 1. The molecule has 0 fully saturated rings. The number of amides is 1. The molecule has 1 aromatic heterocycles. The van der Waals surface area contributed by atoms with Gasteiger partial charge in [0.1, 0.15) is 5.60 Å². The van der Waals surface area contributed by atoms with Crippen molar-refractivity contribution >= 4 is 11.8 Å². The molecule has 2 aromatic rings. The maximum Gasteiger partial charge on any atom is 0.412 e. The van der Waals surface area contributed by atoms with E-state index in [2.05, 4.69) is 15.6 Å². The third-order valence-corrected chi connectivity index (χ3v) is 2.96. The first kappa shape index (κ1) is 17.0. The highest BCUT2D eigenvalue weighted by molar-refractivity contribution is 5.84. The number of carbonyl (C=O) groups excluding carboxylic acids is 1. The third kappa shape index (κ3) is 6.48. The molecule has 0 radical (unpaired) electrons. The van der Waals surface area contributed by atoms with Gasteiger partial charge in [-0.2, -0.15) is 0 Å². The number of hydrogen-bond donors (Lipinski definition) is 2. The highest BCUT2D eigenvalue weighted by Gasteiger charge is 2.15. The maximum absolute atomic E-state index is 11.7. The molecule has 0 unspecified atom stereocenters. The Morgan fingerprint density at radius 2 is 1.83 bits per heavy atom. The van der Waals surface area contributed by atoms with Crippen molar-refractivity contribution in [2.24, 2.45) is 0 Å². The standard InChI is InChI=1S/C18H23N3O2/c1-18(2,3)23-17(22)21-15-9-7-14(8-10-15)12-19-13-16-6-4-5-11-20-16/h4-11,19H,12-13H2,1-3H3,(H,21,22). The second-order valence-electron chi connectivity index (χ2n) is 6.25. The Morgan fingerprint density at radius 1 is 1.09 bits per heavy atom. The van der Waals surface area contributed by atoms with Crippen LogP contribution in [0.2, 0.25) is 0 Å². The molecule has 2 N–H and O–H groups in total. The van der Waals surface area contributed by atoms with Gasteiger partial charge in [-0.05, 0) is 50.6 Å². The highest BCUT2D eigenvalue weighted by atomic mass is 16.6. The summed E-state index contributed by atoms with van der Waals surface area (Å²) in [7, 11) is 0. The van der Waals surface area contributed by atoms with E-state index in [0.29, 0.717) is 5.69 Å². The topological polar surface area (TPSA) is 63.2 Å². The zero-order chi connectivity index (χ0) is 16.7. The largest absolute Gasteiger partial charge is 0.444 e. The van der Waals surface area contributed by atoms with E-state index >= 15 is 0 Å². The van der Waals surface area contributed by atoms with E-state index in [1.807, 2.05) is 63.2 Å². The molecule has 23 heavy (non-hydrogen) atoms. The molecule has 0 atom stereocenters. The predicted octanol–water partition coefficient (Wildman–Crippen LogP) is 3.72. The maximum atomic E-state index is 11.7. The smallest absolute Gasteiger partial charge is 0.412 e. The van der Waals surface area contributed by atoms with E-state index in [-0.39, 0.29) is 0 Å². The first-order valence-corrected chi connectivity index (χ1v) is 7.62. The predicted molar refractivity (Wildman–Crippen MR) is 91.1 cm³/mol. The summed E-state index contributed by atoms with van der Waals surface area (Å²) < 4.78 is 5.22. The van der Waals surface area contributed by atoms with Gasteiger partial charge in [0.2, 0.25) is 0 Å². The van der Waals surface area contributed by atoms with Crippen molar-refractivity contribution in [2.45, 2.75) is 39.5 Å². The summed E-state index contributed by atoms with van der Waals surface area (Å²) >= 11 is 0. The number of nitrogens with one attached hydrogen (secondary N) is 2. The Bertz CT molecular complexity index is 619. The second kappa shape index (κ2) is 7.74. The van der Waals surface area contributed by atoms with Crippen LogP contribution in [0.15, 0.2) is 48.7 Å². The molecule has 0 spiro atoms. The van der Waals surface area contributed by atoms with Crippen LogP contribution in [0.4, 0.5) is 10.5 Å². The SMILES string of the molecule is CC(C)(C)OC(=O)Nc1ccc(CNCc2ccccn2)cc1. The lowest BCUT2D eigenvalue weighted by Crippen LogP contribution is -2.27. The zero-order valence-corrected chi connectivity index (χ0v) is 13.8. The van der Waals surface area contributed by atoms with E-state index in [4.69, 9.17) is 4.74 Å². The monoisotopic (exact) mass is 313 g/mol. The first-order chi connectivity index (χ1) is 10.9. The van der Waals surface area contributed by atoms with E-state index in [1.54, 1.807) is 6.20 Å². The molecule has 122 valence electrons. The van der Waals surface area contributed by atoms with Crippen LogP contribution in [0.25, 0.3) is 0 Å². The van der Waals surface area contributed by atoms with Crippen LogP contribution in [-0.2, 0) is 17.8 Å². The molecule has 5 nitrogen and oxygen atoms in total. The lowest BCUT2D eigenvalue weighted by atomic mass is 10.2. The second-order valence-corrected chi connectivity index (χ2v) is 6.25. The minimum absolute atomic E-state index is 0.446. The number of hydrogen-bond acceptors (Lipinski definition) is 4. The molecule has 0 aliphatic heterocycles. The molecule has 2 rings (SSSR count). The van der Waals surface area contributed by atoms with Crippen LogP contribution in [0.3, 0.4) is 0 Å². The van der Waals surface area contributed by atoms with Gasteiger partial charge in [0.25, 0.3) is 0 Å². The fraction of sp³-hybridized carbons (Fsp3) is 0.333. The lowest BCUT2D eigenvalue weighted by Gasteiger charge is -2.19. The van der Waals surface area contributed by atoms with Gasteiger partial charge in [-0.3, -0.25) is 10.3 Å². The Balaban J connectivity index is 1.79. The molecule has 0 bridgehead atoms. The molecule has 1 aromatic carbocycles. The normalized spacial score (nSPS) is 11.1. The minimum Gasteiger partial charge on any atom is -0.444 e. The number of benzene rings is 1. The van der Waals surface area contributed by atoms with Gasteiger partial charge in [0.15, 0.2) is 0 Å². The number of pyridine rings is 1. The van der Waals surface area contributed by atoms with Crippen LogP contribution in [0.1, 0.15) is 32.0 Å². The average molecular weight is 313 g/mol. The van der Waals surface area contributed by atoms with Gasteiger partial charge < -0.3 is 10.1 Å². The lowest BCUT2D eigenvalue weighted by molar-refractivity contribution is 0.0636. The van der Waals surface area contributed by atoms with Crippen molar-refractivity contribution in [1.29, 1.82) is 0 Å². The van der Waals surface area contributed by atoms with Crippen LogP contribution in [0, 0.1) is 0 Å². The van der Waals surface area contributed by atoms with E-state index in [1.165, 1.54) is 0 Å². The Kier molecular flexibility index (Phi) is 5.71. The molecule has 0 aliphatic rings. The van der Waals surface area contributed by atoms with E-state index in [0.717, 1.165) is 24.3 Å². The molecule has 1 heterocycles. The van der Waals surface area contributed by atoms with Gasteiger partial charge >= 0.3 is 6.09 Å². The summed E-state index contributed by atoms with van der Waals surface area (Å²) in [5, 5.41) is 6.05. The molecule has 5 heteroatoms. The zero-order valence-electron chi connectivity index (χ0n) is 13.8. The summed E-state index contributed by atoms with van der Waals surface area (Å²) in [6, 6.07) is 13.5. The summed E-state index contributed by atoms with van der Waals surface area (Å²) in [5.41, 5.74) is 2.36. The molecule has 0 aliphatic carbocycles. The van der Waals surface area contributed by atoms with Gasteiger partial charge in [0.05, 0.1) is 5.69 Å². The summed E-state index contributed by atoms with van der Waals surface area (Å²) in [6.45, 7) is 6.97. The number of anilines is 1. The summed E-state index contributed by atoms with van der Waals surface area (Å²) in [4.78, 5) is 16.0. The van der Waals surface area contributed by atoms with Gasteiger partial charge in [-0.1, -0.05) is 18.2 Å². The van der Waals surface area contributed by atoms with Crippen molar-refractivity contribution in [3.63, 3.8) is 0 Å². The average Bonchev–Trinajstić information content (AvgIpc) is 2.48. The van der Waals surface area contributed by atoms with Crippen molar-refractivity contribution in [3.05, 3.63) is 59.9 Å². The molecular weight excluding hydrogens is 290 g/mol. The van der Waals surface area contributed by atoms with Gasteiger partial charge in [-0.25, -0.2) is 4.79 Å². The Labute approximate surface area is 137 Å². The minimum atomic E-state index is -0.501. The van der Waals surface area contributed by atoms with E-state index in [9.17, 15) is 4.79 Å². The Hall–Kier alpha value is -2.40. The van der Waals surface area contributed by atoms with Crippen molar-refractivity contribution in [3.8, 4) is 0 Å². The van der Waals surface area contributed by atoms with Crippen molar-refractivity contribution in [2.75, 3.05) is 5.32 Å². The fourth-order valence-electron chi connectivity index (χ4n) is 1.96. The summed E-state index contributed by atoms with van der Waals surface area (Å²) in [6.07, 6.45) is 1.34. The van der Waals surface area contributed by atoms with E-state index < -0.39 is 11.7 Å². The van der Waals surface area contributed by atoms with Gasteiger partial charge in [-0.15, -0.1) is 0 Å². The number of carbonyl (C=O) groups is 1. The molecule has 0 saturated carbocycles. The van der Waals surface area contributed by atoms with Crippen LogP contribution >= 0.6 is 0 Å². The van der Waals surface area contributed by atoms with Crippen molar-refractivity contribution < 1.29 is 9.53 Å². The number of rotatable bonds is 5. The van der Waals surface area contributed by atoms with Crippen LogP contribution < -0.4 is 10.6 Å². The Morgan fingerprint density at radius 3 is 2.43 bits per heavy atom. The number of aromatic nitrogens is 1.